The van der Waals surface area contributed by atoms with Crippen LogP contribution in [0.4, 0.5) is 0 Å². The Hall–Kier alpha value is -2.33. The number of rotatable bonds is 3. The summed E-state index contributed by atoms with van der Waals surface area (Å²) in [5.74, 6) is -0.435. The second-order valence-corrected chi connectivity index (χ2v) is 8.45. The number of fused-ring (bicyclic) bond motifs is 1. The number of phenolic OH excluding ortho intramolecular Hbond substituents is 1. The molecule has 0 amide bonds. The van der Waals surface area contributed by atoms with Crippen molar-refractivity contribution in [1.82, 2.24) is 0 Å². The molecule has 2 aliphatic rings. The molecule has 0 saturated carbocycles. The number of phenols is 1. The monoisotopic (exact) mass is 400 g/mol. The minimum Gasteiger partial charge on any atom is -0.503 e. The van der Waals surface area contributed by atoms with Gasteiger partial charge in [-0.15, -0.1) is 0 Å². The first-order valence-electron chi connectivity index (χ1n) is 9.20. The molecule has 3 rings (SSSR count). The molecular formula is C23H25ClO4. The zero-order valence-corrected chi connectivity index (χ0v) is 17.6. The topological polar surface area (TPSA) is 63.6 Å². The van der Waals surface area contributed by atoms with E-state index in [1.165, 1.54) is 7.11 Å². The molecule has 0 spiro atoms. The normalized spacial score (nSPS) is 30.1. The molecule has 148 valence electrons. The zero-order chi connectivity index (χ0) is 21.0. The Kier molecular flexibility index (Phi) is 4.83. The molecule has 0 heterocycles. The Bertz CT molecular complexity index is 971. The molecule has 28 heavy (non-hydrogen) atoms. The molecule has 5 heteroatoms. The molecule has 4 nitrogen and oxygen atoms in total. The van der Waals surface area contributed by atoms with E-state index in [2.05, 4.69) is 6.58 Å². The van der Waals surface area contributed by atoms with Gasteiger partial charge in [-0.3, -0.25) is 9.59 Å². The van der Waals surface area contributed by atoms with E-state index in [0.29, 0.717) is 23.1 Å². The van der Waals surface area contributed by atoms with Gasteiger partial charge in [0.1, 0.15) is 0 Å². The molecule has 0 radical (unpaired) electrons. The third-order valence-electron chi connectivity index (χ3n) is 6.86. The first kappa shape index (κ1) is 20.4. The van der Waals surface area contributed by atoms with E-state index in [-0.39, 0.29) is 28.1 Å². The fraction of sp³-hybridized carbons (Fsp3) is 0.391. The predicted molar refractivity (Wildman–Crippen MR) is 110 cm³/mol. The summed E-state index contributed by atoms with van der Waals surface area (Å²) in [6.07, 6.45) is 4.16. The van der Waals surface area contributed by atoms with Gasteiger partial charge in [0.05, 0.1) is 17.5 Å². The van der Waals surface area contributed by atoms with Gasteiger partial charge in [0, 0.05) is 11.3 Å². The van der Waals surface area contributed by atoms with Crippen LogP contribution < -0.4 is 4.74 Å². The van der Waals surface area contributed by atoms with Crippen LogP contribution in [0.25, 0.3) is 0 Å². The standard InChI is InChI=1S/C23H25ClO4/c1-7-14-8-9-22(4)20(26)12(2)13(3)21(27)23(22,5)18(14)15-10-16(24)19(25)17(11-15)28-6/h7-8,10-11,18,25H,1,9H2,2-6H3. The Morgan fingerprint density at radius 1 is 1.21 bits per heavy atom. The molecular weight excluding hydrogens is 376 g/mol. The number of Topliss-reactive ketones (excluding diaryl/α,β-unsaturated/α-hetero) is 2. The van der Waals surface area contributed by atoms with Crippen molar-refractivity contribution >= 4 is 23.2 Å². The summed E-state index contributed by atoms with van der Waals surface area (Å²) >= 11 is 6.24. The lowest BCUT2D eigenvalue weighted by Crippen LogP contribution is -2.57. The summed E-state index contributed by atoms with van der Waals surface area (Å²) in [5.41, 5.74) is 0.683. The van der Waals surface area contributed by atoms with Gasteiger partial charge in [-0.1, -0.05) is 44.2 Å². The number of carbonyl (C=O) groups is 2. The van der Waals surface area contributed by atoms with Crippen LogP contribution in [0, 0.1) is 10.8 Å². The van der Waals surface area contributed by atoms with Crippen LogP contribution in [0.1, 0.15) is 45.6 Å². The van der Waals surface area contributed by atoms with E-state index >= 15 is 0 Å². The molecule has 0 bridgehead atoms. The number of allylic oxidation sites excluding steroid dienone is 5. The Morgan fingerprint density at radius 2 is 1.82 bits per heavy atom. The summed E-state index contributed by atoms with van der Waals surface area (Å²) in [4.78, 5) is 26.9. The fourth-order valence-corrected chi connectivity index (χ4v) is 5.02. The fourth-order valence-electron chi connectivity index (χ4n) is 4.80. The Balaban J connectivity index is 2.36. The molecule has 0 fully saturated rings. The summed E-state index contributed by atoms with van der Waals surface area (Å²) in [6.45, 7) is 11.1. The highest BCUT2D eigenvalue weighted by molar-refractivity contribution is 6.32. The highest BCUT2D eigenvalue weighted by Gasteiger charge is 2.63. The van der Waals surface area contributed by atoms with Crippen molar-refractivity contribution in [2.45, 2.75) is 40.0 Å². The highest BCUT2D eigenvalue weighted by Crippen LogP contribution is 2.62. The third kappa shape index (κ3) is 2.44. The maximum atomic E-state index is 13.6. The minimum absolute atomic E-state index is 0.00620. The van der Waals surface area contributed by atoms with Crippen LogP contribution in [-0.4, -0.2) is 23.8 Å². The number of hydrogen-bond acceptors (Lipinski definition) is 4. The van der Waals surface area contributed by atoms with Crippen molar-refractivity contribution in [2.24, 2.45) is 10.8 Å². The maximum Gasteiger partial charge on any atom is 0.176 e. The molecule has 3 atom stereocenters. The molecule has 0 aromatic heterocycles. The number of aromatic hydroxyl groups is 1. The highest BCUT2D eigenvalue weighted by atomic mass is 35.5. The van der Waals surface area contributed by atoms with Gasteiger partial charge >= 0.3 is 0 Å². The van der Waals surface area contributed by atoms with Gasteiger partial charge in [0.15, 0.2) is 23.1 Å². The molecule has 1 aromatic rings. The Labute approximate surface area is 170 Å². The van der Waals surface area contributed by atoms with Crippen molar-refractivity contribution in [1.29, 1.82) is 0 Å². The number of benzene rings is 1. The SMILES string of the molecule is C=CC1=CCC2(C)C(=O)C(C)=C(C)C(=O)C2(C)C1c1cc(Cl)c(O)c(OC)c1. The second kappa shape index (κ2) is 6.63. The average molecular weight is 401 g/mol. The van der Waals surface area contributed by atoms with Crippen LogP contribution in [0.3, 0.4) is 0 Å². The lowest BCUT2D eigenvalue weighted by Gasteiger charge is -2.54. The van der Waals surface area contributed by atoms with Crippen LogP contribution >= 0.6 is 11.6 Å². The summed E-state index contributed by atoms with van der Waals surface area (Å²) in [7, 11) is 1.44. The van der Waals surface area contributed by atoms with E-state index in [1.54, 1.807) is 32.1 Å². The van der Waals surface area contributed by atoms with Crippen LogP contribution in [0.2, 0.25) is 5.02 Å². The van der Waals surface area contributed by atoms with Crippen molar-refractivity contribution < 1.29 is 19.4 Å². The summed E-state index contributed by atoms with van der Waals surface area (Å²) in [6, 6.07) is 3.31. The van der Waals surface area contributed by atoms with Crippen LogP contribution in [-0.2, 0) is 9.59 Å². The van der Waals surface area contributed by atoms with Crippen molar-refractivity contribution in [3.8, 4) is 11.5 Å². The summed E-state index contributed by atoms with van der Waals surface area (Å²) in [5, 5.41) is 10.3. The number of carbonyl (C=O) groups excluding carboxylic acids is 2. The van der Waals surface area contributed by atoms with E-state index in [9.17, 15) is 14.7 Å². The number of ketones is 2. The molecule has 1 N–H and O–H groups in total. The number of halogens is 1. The van der Waals surface area contributed by atoms with E-state index in [1.807, 2.05) is 19.9 Å². The number of hydrogen-bond donors (Lipinski definition) is 1. The van der Waals surface area contributed by atoms with Gasteiger partial charge in [-0.05, 0) is 54.7 Å². The number of methoxy groups -OCH3 is 1. The van der Waals surface area contributed by atoms with Crippen LogP contribution in [0.15, 0.2) is 47.6 Å². The third-order valence-corrected chi connectivity index (χ3v) is 7.15. The van der Waals surface area contributed by atoms with E-state index in [0.717, 1.165) is 5.57 Å². The average Bonchev–Trinajstić information content (AvgIpc) is 2.68. The van der Waals surface area contributed by atoms with Gasteiger partial charge in [0.2, 0.25) is 0 Å². The Morgan fingerprint density at radius 3 is 2.39 bits per heavy atom. The molecule has 1 aromatic carbocycles. The second-order valence-electron chi connectivity index (χ2n) is 8.04. The first-order valence-corrected chi connectivity index (χ1v) is 9.58. The number of ether oxygens (including phenoxy) is 1. The first-order chi connectivity index (χ1) is 13.0. The largest absolute Gasteiger partial charge is 0.503 e. The van der Waals surface area contributed by atoms with E-state index < -0.39 is 16.7 Å². The smallest absolute Gasteiger partial charge is 0.176 e. The summed E-state index contributed by atoms with van der Waals surface area (Å²) < 4.78 is 5.27. The predicted octanol–water partition coefficient (Wildman–Crippen LogP) is 5.15. The lowest BCUT2D eigenvalue weighted by atomic mass is 9.45. The van der Waals surface area contributed by atoms with Gasteiger partial charge in [-0.2, -0.15) is 0 Å². The van der Waals surface area contributed by atoms with Gasteiger partial charge in [-0.25, -0.2) is 0 Å². The lowest BCUT2D eigenvalue weighted by molar-refractivity contribution is -0.147. The van der Waals surface area contributed by atoms with E-state index in [4.69, 9.17) is 16.3 Å². The molecule has 3 unspecified atom stereocenters. The molecule has 2 aliphatic carbocycles. The maximum absolute atomic E-state index is 13.6. The van der Waals surface area contributed by atoms with Crippen LogP contribution in [0.5, 0.6) is 11.5 Å². The van der Waals surface area contributed by atoms with Crippen molar-refractivity contribution in [3.63, 3.8) is 0 Å². The van der Waals surface area contributed by atoms with Gasteiger partial charge < -0.3 is 9.84 Å². The minimum atomic E-state index is -1.02. The van der Waals surface area contributed by atoms with Crippen molar-refractivity contribution in [3.05, 3.63) is 58.2 Å². The van der Waals surface area contributed by atoms with Gasteiger partial charge in [0.25, 0.3) is 0 Å². The quantitative estimate of drug-likeness (QED) is 0.761. The zero-order valence-electron chi connectivity index (χ0n) is 16.9. The molecule has 0 aliphatic heterocycles. The molecule has 0 saturated heterocycles. The van der Waals surface area contributed by atoms with Crippen molar-refractivity contribution in [2.75, 3.05) is 7.11 Å².